The first-order chi connectivity index (χ1) is 2.91. The Morgan fingerprint density at radius 2 is 2.33 bits per heavy atom. The molecule has 0 rings (SSSR count). The molecule has 0 radical (unpaired) electrons. The van der Waals surface area contributed by atoms with E-state index in [1.807, 2.05) is 0 Å². The van der Waals surface area contributed by atoms with Gasteiger partial charge in [-0.2, -0.15) is 0 Å². The van der Waals surface area contributed by atoms with Crippen LogP contribution in [0.1, 0.15) is 0 Å². The van der Waals surface area contributed by atoms with Gasteiger partial charge in [0.25, 0.3) is 0 Å². The average molecular weight is 90.1 g/mol. The fourth-order valence-corrected chi connectivity index (χ4v) is 0.144. The summed E-state index contributed by atoms with van der Waals surface area (Å²) in [6, 6.07) is 0. The first-order valence-electron chi connectivity index (χ1n) is 1.80. The molecule has 0 aliphatic heterocycles. The molecule has 0 spiro atoms. The number of hydrogen-bond acceptors (Lipinski definition) is 3. The first kappa shape index (κ1) is 5.88. The van der Waals surface area contributed by atoms with Crippen LogP contribution < -0.4 is 10.9 Å². The van der Waals surface area contributed by atoms with Crippen LogP contribution in [0, 0.1) is 0 Å². The van der Waals surface area contributed by atoms with Crippen molar-refractivity contribution in [3.05, 3.63) is 0 Å². The van der Waals surface area contributed by atoms with E-state index in [0.29, 0.717) is 6.73 Å². The molecule has 0 heterocycles. The predicted octanol–water partition coefficient (Wildman–Crippen LogP) is -0.686. The number of nitrogens with one attached hydrogen (secondary N) is 2. The highest BCUT2D eigenvalue weighted by atomic mass is 16.5. The highest BCUT2D eigenvalue weighted by Gasteiger charge is 1.68. The third-order valence-electron chi connectivity index (χ3n) is 0.393. The van der Waals surface area contributed by atoms with Crippen molar-refractivity contribution in [1.82, 2.24) is 10.9 Å². The molecule has 0 aromatic carbocycles. The van der Waals surface area contributed by atoms with E-state index in [9.17, 15) is 0 Å². The van der Waals surface area contributed by atoms with E-state index in [2.05, 4.69) is 15.6 Å². The van der Waals surface area contributed by atoms with Gasteiger partial charge in [0.1, 0.15) is 6.73 Å². The number of ether oxygens (including phenoxy) is 1. The molecule has 0 bridgehead atoms. The van der Waals surface area contributed by atoms with E-state index >= 15 is 0 Å². The molecule has 0 saturated carbocycles. The fourth-order valence-electron chi connectivity index (χ4n) is 0.144. The van der Waals surface area contributed by atoms with Gasteiger partial charge >= 0.3 is 0 Å². The van der Waals surface area contributed by atoms with Gasteiger partial charge in [0.05, 0.1) is 0 Å². The molecule has 0 aliphatic rings. The summed E-state index contributed by atoms with van der Waals surface area (Å²) in [5, 5.41) is 0. The van der Waals surface area contributed by atoms with Crippen LogP contribution in [0.3, 0.4) is 0 Å². The topological polar surface area (TPSA) is 33.3 Å². The molecule has 0 aromatic heterocycles. The molecule has 6 heavy (non-hydrogen) atoms. The quantitative estimate of drug-likeness (QED) is 0.273. The van der Waals surface area contributed by atoms with Gasteiger partial charge in [-0.1, -0.05) is 0 Å². The van der Waals surface area contributed by atoms with E-state index in [0.717, 1.165) is 0 Å². The van der Waals surface area contributed by atoms with Crippen LogP contribution in [0.25, 0.3) is 0 Å². The molecule has 0 aromatic rings. The van der Waals surface area contributed by atoms with Gasteiger partial charge < -0.3 is 4.74 Å². The van der Waals surface area contributed by atoms with Crippen molar-refractivity contribution in [3.8, 4) is 0 Å². The van der Waals surface area contributed by atoms with Crippen LogP contribution in [0.4, 0.5) is 0 Å². The maximum absolute atomic E-state index is 4.61. The summed E-state index contributed by atoms with van der Waals surface area (Å²) < 4.78 is 4.61. The van der Waals surface area contributed by atoms with Crippen molar-refractivity contribution in [2.45, 2.75) is 0 Å². The predicted molar refractivity (Wildman–Crippen MR) is 24.1 cm³/mol. The van der Waals surface area contributed by atoms with Crippen LogP contribution >= 0.6 is 0 Å². The zero-order valence-corrected chi connectivity index (χ0v) is 4.12. The van der Waals surface area contributed by atoms with Crippen LogP contribution in [-0.4, -0.2) is 20.9 Å². The Labute approximate surface area is 37.7 Å². The van der Waals surface area contributed by atoms with Crippen molar-refractivity contribution in [1.29, 1.82) is 0 Å². The smallest absolute Gasteiger partial charge is 0.108 e. The van der Waals surface area contributed by atoms with Crippen LogP contribution in [0.15, 0.2) is 0 Å². The Morgan fingerprint density at radius 1 is 1.67 bits per heavy atom. The summed E-state index contributed by atoms with van der Waals surface area (Å²) in [5.41, 5.74) is 5.42. The van der Waals surface area contributed by atoms with Gasteiger partial charge in [-0.3, -0.25) is 5.43 Å². The van der Waals surface area contributed by atoms with E-state index in [1.54, 1.807) is 14.2 Å². The lowest BCUT2D eigenvalue weighted by Gasteiger charge is -1.95. The third kappa shape index (κ3) is 3.88. The maximum atomic E-state index is 4.61. The maximum Gasteiger partial charge on any atom is 0.108 e. The summed E-state index contributed by atoms with van der Waals surface area (Å²) in [5.74, 6) is 0. The summed E-state index contributed by atoms with van der Waals surface area (Å²) in [4.78, 5) is 0. The summed E-state index contributed by atoms with van der Waals surface area (Å²) in [6.07, 6.45) is 0. The molecule has 0 atom stereocenters. The number of methoxy groups -OCH3 is 1. The minimum Gasteiger partial charge on any atom is -0.368 e. The Kier molecular flexibility index (Phi) is 4.78. The van der Waals surface area contributed by atoms with Crippen molar-refractivity contribution >= 4 is 0 Å². The number of rotatable bonds is 3. The van der Waals surface area contributed by atoms with E-state index in [-0.39, 0.29) is 0 Å². The summed E-state index contributed by atoms with van der Waals surface area (Å²) in [6.45, 7) is 0.552. The van der Waals surface area contributed by atoms with Gasteiger partial charge in [0, 0.05) is 7.11 Å². The SMILES string of the molecule is CNNCOC. The van der Waals surface area contributed by atoms with Crippen LogP contribution in [0.2, 0.25) is 0 Å². The van der Waals surface area contributed by atoms with Crippen molar-refractivity contribution in [3.63, 3.8) is 0 Å². The normalized spacial score (nSPS) is 9.00. The van der Waals surface area contributed by atoms with Crippen molar-refractivity contribution in [2.24, 2.45) is 0 Å². The Morgan fingerprint density at radius 3 is 2.50 bits per heavy atom. The zero-order valence-electron chi connectivity index (χ0n) is 4.12. The standard InChI is InChI=1S/C3H10N2O/c1-4-5-3-6-2/h4-5H,3H2,1-2H3. The van der Waals surface area contributed by atoms with Gasteiger partial charge in [-0.15, -0.1) is 0 Å². The fraction of sp³-hybridized carbons (Fsp3) is 1.00. The molecule has 0 amide bonds. The summed E-state index contributed by atoms with van der Waals surface area (Å²) >= 11 is 0. The summed E-state index contributed by atoms with van der Waals surface area (Å²) in [7, 11) is 3.42. The molecular weight excluding hydrogens is 80.0 g/mol. The zero-order chi connectivity index (χ0) is 4.83. The van der Waals surface area contributed by atoms with Crippen LogP contribution in [0.5, 0.6) is 0 Å². The average Bonchev–Trinajstić information content (AvgIpc) is 1.61. The molecule has 0 fully saturated rings. The highest BCUT2D eigenvalue weighted by molar-refractivity contribution is 4.11. The second-order valence-electron chi connectivity index (χ2n) is 0.860. The Balaban J connectivity index is 2.34. The van der Waals surface area contributed by atoms with Crippen LogP contribution in [-0.2, 0) is 4.74 Å². The number of hydrazine groups is 1. The molecule has 38 valence electrons. The monoisotopic (exact) mass is 90.1 g/mol. The Hall–Kier alpha value is -0.120. The minimum absolute atomic E-state index is 0.552. The van der Waals surface area contributed by atoms with E-state index in [4.69, 9.17) is 0 Å². The third-order valence-corrected chi connectivity index (χ3v) is 0.393. The molecule has 3 nitrogen and oxygen atoms in total. The first-order valence-corrected chi connectivity index (χ1v) is 1.80. The van der Waals surface area contributed by atoms with Gasteiger partial charge in [-0.05, 0) is 7.05 Å². The lowest BCUT2D eigenvalue weighted by Crippen LogP contribution is -2.29. The molecule has 0 unspecified atom stereocenters. The number of hydrogen-bond donors (Lipinski definition) is 2. The Bertz CT molecular complexity index is 20.8. The van der Waals surface area contributed by atoms with Gasteiger partial charge in [0.2, 0.25) is 0 Å². The largest absolute Gasteiger partial charge is 0.368 e. The van der Waals surface area contributed by atoms with Crippen molar-refractivity contribution in [2.75, 3.05) is 20.9 Å². The molecule has 3 heteroatoms. The highest BCUT2D eigenvalue weighted by Crippen LogP contribution is 1.48. The lowest BCUT2D eigenvalue weighted by atomic mass is 11.2. The second-order valence-corrected chi connectivity index (χ2v) is 0.860. The molecule has 0 saturated heterocycles. The lowest BCUT2D eigenvalue weighted by molar-refractivity contribution is 0.165. The minimum atomic E-state index is 0.552. The van der Waals surface area contributed by atoms with Crippen molar-refractivity contribution < 1.29 is 4.74 Å². The van der Waals surface area contributed by atoms with Gasteiger partial charge in [-0.25, -0.2) is 5.43 Å². The van der Waals surface area contributed by atoms with E-state index < -0.39 is 0 Å². The van der Waals surface area contributed by atoms with Gasteiger partial charge in [0.15, 0.2) is 0 Å². The molecule has 0 aliphatic carbocycles. The molecular formula is C3H10N2O. The second kappa shape index (κ2) is 4.88. The van der Waals surface area contributed by atoms with E-state index in [1.165, 1.54) is 0 Å². The molecule has 2 N–H and O–H groups in total.